The van der Waals surface area contributed by atoms with Crippen LogP contribution in [0.2, 0.25) is 5.02 Å². The van der Waals surface area contributed by atoms with Crippen LogP contribution in [0.1, 0.15) is 23.1 Å². The zero-order valence-corrected chi connectivity index (χ0v) is 10.6. The van der Waals surface area contributed by atoms with E-state index in [4.69, 9.17) is 16.3 Å². The van der Waals surface area contributed by atoms with E-state index in [9.17, 15) is 4.79 Å². The van der Waals surface area contributed by atoms with Crippen molar-refractivity contribution >= 4 is 17.9 Å². The first-order valence-electron chi connectivity index (χ1n) is 5.50. The number of hydrogen-bond donors (Lipinski definition) is 0. The van der Waals surface area contributed by atoms with Gasteiger partial charge in [-0.05, 0) is 31.2 Å². The minimum Gasteiger partial charge on any atom is -0.487 e. The predicted molar refractivity (Wildman–Crippen MR) is 66.9 cm³/mol. The largest absolute Gasteiger partial charge is 0.487 e. The Labute approximate surface area is 109 Å². The first-order valence-corrected chi connectivity index (χ1v) is 5.88. The second-order valence-corrected chi connectivity index (χ2v) is 4.03. The molecule has 0 aliphatic carbocycles. The van der Waals surface area contributed by atoms with Crippen LogP contribution in [0.3, 0.4) is 0 Å². The van der Waals surface area contributed by atoms with Gasteiger partial charge < -0.3 is 4.74 Å². The molecule has 0 radical (unpaired) electrons. The Kier molecular flexibility index (Phi) is 3.94. The maximum Gasteiger partial charge on any atom is 0.172 e. The van der Waals surface area contributed by atoms with E-state index in [2.05, 4.69) is 10.3 Å². The van der Waals surface area contributed by atoms with Crippen LogP contribution in [0.25, 0.3) is 0 Å². The van der Waals surface area contributed by atoms with Crippen LogP contribution in [0.15, 0.2) is 24.3 Å². The molecule has 0 aliphatic rings. The summed E-state index contributed by atoms with van der Waals surface area (Å²) in [6.45, 7) is 2.81. The highest BCUT2D eigenvalue weighted by atomic mass is 35.5. The molecule has 1 heterocycles. The number of carbonyl (C=O) groups excluding carboxylic acids is 1. The normalized spacial score (nSPS) is 10.3. The van der Waals surface area contributed by atoms with Gasteiger partial charge in [-0.15, -0.1) is 5.10 Å². The van der Waals surface area contributed by atoms with Crippen molar-refractivity contribution < 1.29 is 9.53 Å². The van der Waals surface area contributed by atoms with Gasteiger partial charge in [-0.2, -0.15) is 0 Å². The van der Waals surface area contributed by atoms with Crippen molar-refractivity contribution in [3.63, 3.8) is 0 Å². The molecular weight excluding hydrogens is 254 g/mol. The SMILES string of the molecule is CCn1nnc(C=O)c1COc1ccc(Cl)cc1. The Morgan fingerprint density at radius 3 is 2.72 bits per heavy atom. The van der Waals surface area contributed by atoms with Crippen molar-refractivity contribution in [3.8, 4) is 5.75 Å². The number of ether oxygens (including phenoxy) is 1. The Balaban J connectivity index is 2.12. The van der Waals surface area contributed by atoms with Gasteiger partial charge in [-0.25, -0.2) is 4.68 Å². The molecule has 0 N–H and O–H groups in total. The zero-order chi connectivity index (χ0) is 13.0. The summed E-state index contributed by atoms with van der Waals surface area (Å²) in [6, 6.07) is 7.02. The van der Waals surface area contributed by atoms with E-state index in [0.717, 1.165) is 0 Å². The number of rotatable bonds is 5. The third-order valence-electron chi connectivity index (χ3n) is 2.47. The van der Waals surface area contributed by atoms with Crippen LogP contribution in [0.4, 0.5) is 0 Å². The lowest BCUT2D eigenvalue weighted by Crippen LogP contribution is -2.07. The number of aryl methyl sites for hydroxylation is 1. The number of aromatic nitrogens is 3. The summed E-state index contributed by atoms with van der Waals surface area (Å²) in [5.74, 6) is 0.681. The Morgan fingerprint density at radius 1 is 1.39 bits per heavy atom. The molecule has 18 heavy (non-hydrogen) atoms. The molecule has 2 aromatic rings. The second-order valence-electron chi connectivity index (χ2n) is 3.60. The molecule has 1 aromatic heterocycles. The lowest BCUT2D eigenvalue weighted by molar-refractivity contribution is 0.111. The highest BCUT2D eigenvalue weighted by molar-refractivity contribution is 6.30. The average molecular weight is 266 g/mol. The van der Waals surface area contributed by atoms with E-state index >= 15 is 0 Å². The Hall–Kier alpha value is -1.88. The summed E-state index contributed by atoms with van der Waals surface area (Å²) in [5, 5.41) is 8.29. The number of aldehydes is 1. The first-order chi connectivity index (χ1) is 8.74. The van der Waals surface area contributed by atoms with E-state index in [1.807, 2.05) is 6.92 Å². The van der Waals surface area contributed by atoms with Crippen molar-refractivity contribution in [1.82, 2.24) is 15.0 Å². The molecule has 1 aromatic carbocycles. The summed E-state index contributed by atoms with van der Waals surface area (Å²) in [6.07, 6.45) is 0.680. The molecule has 0 bridgehead atoms. The minimum absolute atomic E-state index is 0.247. The number of nitrogens with zero attached hydrogens (tertiary/aromatic N) is 3. The fraction of sp³-hybridized carbons (Fsp3) is 0.250. The minimum atomic E-state index is 0.247. The Morgan fingerprint density at radius 2 is 2.11 bits per heavy atom. The molecule has 0 amide bonds. The van der Waals surface area contributed by atoms with Crippen LogP contribution in [0.5, 0.6) is 5.75 Å². The molecular formula is C12H12ClN3O2. The van der Waals surface area contributed by atoms with Gasteiger partial charge in [0.1, 0.15) is 18.1 Å². The first kappa shape index (κ1) is 12.6. The standard InChI is InChI=1S/C12H12ClN3O2/c1-2-16-12(11(7-17)14-15-16)8-18-10-5-3-9(13)4-6-10/h3-7H,2,8H2,1H3. The topological polar surface area (TPSA) is 57.0 Å². The van der Waals surface area contributed by atoms with E-state index in [-0.39, 0.29) is 6.61 Å². The smallest absolute Gasteiger partial charge is 0.172 e. The fourth-order valence-corrected chi connectivity index (χ4v) is 1.65. The third-order valence-corrected chi connectivity index (χ3v) is 2.72. The average Bonchev–Trinajstić information content (AvgIpc) is 2.80. The molecule has 6 heteroatoms. The van der Waals surface area contributed by atoms with Crippen LogP contribution in [0, 0.1) is 0 Å². The molecule has 0 aliphatic heterocycles. The molecule has 0 spiro atoms. The van der Waals surface area contributed by atoms with Crippen molar-refractivity contribution in [1.29, 1.82) is 0 Å². The summed E-state index contributed by atoms with van der Waals surface area (Å²) < 4.78 is 7.21. The molecule has 0 saturated heterocycles. The molecule has 0 saturated carbocycles. The van der Waals surface area contributed by atoms with Crippen LogP contribution in [-0.4, -0.2) is 21.3 Å². The predicted octanol–water partition coefficient (Wildman–Crippen LogP) is 2.34. The van der Waals surface area contributed by atoms with Crippen molar-refractivity contribution in [2.24, 2.45) is 0 Å². The summed E-state index contributed by atoms with van der Waals surface area (Å²) in [4.78, 5) is 10.8. The highest BCUT2D eigenvalue weighted by Crippen LogP contribution is 2.17. The number of carbonyl (C=O) groups is 1. The molecule has 2 rings (SSSR count). The van der Waals surface area contributed by atoms with E-state index in [1.165, 1.54) is 0 Å². The number of hydrogen-bond acceptors (Lipinski definition) is 4. The number of halogens is 1. The van der Waals surface area contributed by atoms with E-state index in [0.29, 0.717) is 35.0 Å². The van der Waals surface area contributed by atoms with Gasteiger partial charge in [0.05, 0.1) is 0 Å². The van der Waals surface area contributed by atoms with Crippen molar-refractivity contribution in [2.75, 3.05) is 0 Å². The molecule has 94 valence electrons. The maximum atomic E-state index is 10.8. The van der Waals surface area contributed by atoms with Gasteiger partial charge in [0, 0.05) is 11.6 Å². The summed E-state index contributed by atoms with van der Waals surface area (Å²) in [5.41, 5.74) is 0.980. The summed E-state index contributed by atoms with van der Waals surface area (Å²) >= 11 is 5.78. The van der Waals surface area contributed by atoms with Gasteiger partial charge >= 0.3 is 0 Å². The zero-order valence-electron chi connectivity index (χ0n) is 9.84. The molecule has 0 fully saturated rings. The van der Waals surface area contributed by atoms with Crippen molar-refractivity contribution in [3.05, 3.63) is 40.7 Å². The van der Waals surface area contributed by atoms with Crippen LogP contribution < -0.4 is 4.74 Å². The van der Waals surface area contributed by atoms with Gasteiger partial charge in [0.25, 0.3) is 0 Å². The van der Waals surface area contributed by atoms with Gasteiger partial charge in [-0.3, -0.25) is 4.79 Å². The Bertz CT molecular complexity index is 537. The quantitative estimate of drug-likeness (QED) is 0.779. The summed E-state index contributed by atoms with van der Waals surface area (Å²) in [7, 11) is 0. The molecule has 0 unspecified atom stereocenters. The van der Waals surface area contributed by atoms with Gasteiger partial charge in [0.15, 0.2) is 12.0 Å². The highest BCUT2D eigenvalue weighted by Gasteiger charge is 2.11. The van der Waals surface area contributed by atoms with Gasteiger partial charge in [-0.1, -0.05) is 16.8 Å². The van der Waals surface area contributed by atoms with Crippen molar-refractivity contribution in [2.45, 2.75) is 20.1 Å². The van der Waals surface area contributed by atoms with Crippen LogP contribution in [-0.2, 0) is 13.2 Å². The second kappa shape index (κ2) is 5.64. The molecule has 0 atom stereocenters. The van der Waals surface area contributed by atoms with Gasteiger partial charge in [0.2, 0.25) is 0 Å². The van der Waals surface area contributed by atoms with E-state index < -0.39 is 0 Å². The fourth-order valence-electron chi connectivity index (χ4n) is 1.52. The third kappa shape index (κ3) is 2.68. The van der Waals surface area contributed by atoms with E-state index in [1.54, 1.807) is 28.9 Å². The monoisotopic (exact) mass is 265 g/mol. The lowest BCUT2D eigenvalue weighted by Gasteiger charge is -2.07. The number of benzene rings is 1. The maximum absolute atomic E-state index is 10.8. The molecule has 5 nitrogen and oxygen atoms in total. The lowest BCUT2D eigenvalue weighted by atomic mass is 10.3. The van der Waals surface area contributed by atoms with Crippen LogP contribution >= 0.6 is 11.6 Å².